The second-order valence-electron chi connectivity index (χ2n) is 16.6. The summed E-state index contributed by atoms with van der Waals surface area (Å²) in [6, 6.07) is 18.7. The van der Waals surface area contributed by atoms with Gasteiger partial charge < -0.3 is 42.3 Å². The number of carbonyl (C=O) groups excluding carboxylic acids is 7. The van der Waals surface area contributed by atoms with Gasteiger partial charge in [0, 0.05) is 60.5 Å². The monoisotopic (exact) mass is 925 g/mol. The highest BCUT2D eigenvalue weighted by molar-refractivity contribution is 5.96. The van der Waals surface area contributed by atoms with E-state index in [1.165, 1.54) is 6.92 Å². The van der Waals surface area contributed by atoms with Crippen molar-refractivity contribution < 1.29 is 33.6 Å². The van der Waals surface area contributed by atoms with E-state index in [1.807, 2.05) is 77.8 Å². The lowest BCUT2D eigenvalue weighted by molar-refractivity contribution is -0.133. The predicted octanol–water partition coefficient (Wildman–Crippen LogP) is 2.23. The highest BCUT2D eigenvalue weighted by Gasteiger charge is 2.31. The van der Waals surface area contributed by atoms with Crippen molar-refractivity contribution >= 4 is 63.3 Å². The number of aryl methyl sites for hydroxylation is 1. The van der Waals surface area contributed by atoms with Crippen LogP contribution in [0.2, 0.25) is 0 Å². The van der Waals surface area contributed by atoms with E-state index in [4.69, 9.17) is 5.73 Å². The Balaban J connectivity index is 1.30. The lowest BCUT2D eigenvalue weighted by Crippen LogP contribution is -2.58. The number of rotatable bonds is 11. The molecule has 0 unspecified atom stereocenters. The summed E-state index contributed by atoms with van der Waals surface area (Å²) in [6.45, 7) is 5.55. The molecule has 5 aromatic rings. The van der Waals surface area contributed by atoms with E-state index in [0.717, 1.165) is 37.9 Å². The summed E-state index contributed by atoms with van der Waals surface area (Å²) in [4.78, 5) is 104. The molecule has 0 aliphatic carbocycles. The molecule has 0 radical (unpaired) electrons. The summed E-state index contributed by atoms with van der Waals surface area (Å²) >= 11 is 0. The molecule has 18 nitrogen and oxygen atoms in total. The zero-order valence-electron chi connectivity index (χ0n) is 38.1. The van der Waals surface area contributed by atoms with Crippen molar-refractivity contribution in [2.75, 3.05) is 32.7 Å². The number of nitrogens with two attached hydrogens (primary N) is 1. The maximum Gasteiger partial charge on any atom is 0.337 e. The Bertz CT molecular complexity index is 2650. The highest BCUT2D eigenvalue weighted by Crippen LogP contribution is 2.21. The van der Waals surface area contributed by atoms with Crippen LogP contribution in [0.5, 0.6) is 0 Å². The number of aromatic nitrogens is 2. The quantitative estimate of drug-likeness (QED) is 0.0700. The van der Waals surface area contributed by atoms with Crippen molar-refractivity contribution in [2.24, 2.45) is 5.73 Å². The van der Waals surface area contributed by atoms with Crippen LogP contribution < -0.4 is 37.7 Å². The molecular formula is C50H59N11O7. The van der Waals surface area contributed by atoms with Crippen molar-refractivity contribution in [1.82, 2.24) is 51.9 Å². The molecular weight excluding hydrogens is 867 g/mol. The van der Waals surface area contributed by atoms with Gasteiger partial charge >= 0.3 is 6.03 Å². The van der Waals surface area contributed by atoms with E-state index < -0.39 is 72.2 Å². The summed E-state index contributed by atoms with van der Waals surface area (Å²) < 4.78 is 0. The Morgan fingerprint density at radius 2 is 1.38 bits per heavy atom. The molecule has 0 bridgehead atoms. The zero-order chi connectivity index (χ0) is 48.4. The van der Waals surface area contributed by atoms with Gasteiger partial charge in [0.1, 0.15) is 30.7 Å². The fraction of sp³-hybridized carbons (Fsp3) is 0.340. The van der Waals surface area contributed by atoms with Crippen LogP contribution in [0.3, 0.4) is 0 Å². The minimum Gasteiger partial charge on any atom is -0.368 e. The molecule has 10 N–H and O–H groups in total. The number of para-hydroxylation sites is 2. The summed E-state index contributed by atoms with van der Waals surface area (Å²) in [5.74, 6) is 1.92. The van der Waals surface area contributed by atoms with E-state index in [-0.39, 0.29) is 38.8 Å². The van der Waals surface area contributed by atoms with Crippen LogP contribution in [0.4, 0.5) is 4.79 Å². The van der Waals surface area contributed by atoms with Crippen molar-refractivity contribution in [3.63, 3.8) is 0 Å². The van der Waals surface area contributed by atoms with Gasteiger partial charge in [0.25, 0.3) is 0 Å². The number of nitrogens with zero attached hydrogens (tertiary/aromatic N) is 2. The Morgan fingerprint density at radius 1 is 0.750 bits per heavy atom. The topological polar surface area (TPSA) is 256 Å². The van der Waals surface area contributed by atoms with Crippen molar-refractivity contribution in [2.45, 2.75) is 76.0 Å². The molecule has 6 rings (SSSR count). The first-order chi connectivity index (χ1) is 32.9. The van der Waals surface area contributed by atoms with Gasteiger partial charge in [-0.05, 0) is 67.5 Å². The largest absolute Gasteiger partial charge is 0.368 e. The van der Waals surface area contributed by atoms with Gasteiger partial charge in [-0.25, -0.2) is 9.80 Å². The molecule has 3 heterocycles. The summed E-state index contributed by atoms with van der Waals surface area (Å²) in [5.41, 5.74) is 12.3. The van der Waals surface area contributed by atoms with E-state index in [9.17, 15) is 33.6 Å². The number of fused-ring (bicyclic) bond motifs is 2. The third-order valence-corrected chi connectivity index (χ3v) is 11.5. The second-order valence-corrected chi connectivity index (χ2v) is 16.6. The smallest absolute Gasteiger partial charge is 0.337 e. The third kappa shape index (κ3) is 14.3. The summed E-state index contributed by atoms with van der Waals surface area (Å²) in [6.07, 6.45) is 7.09. The molecule has 0 saturated heterocycles. The number of nitrogens with one attached hydrogen (secondary N) is 8. The number of hydrogen-bond acceptors (Lipinski definition) is 8. The van der Waals surface area contributed by atoms with Gasteiger partial charge in [0.2, 0.25) is 35.4 Å². The number of benzene rings is 3. The summed E-state index contributed by atoms with van der Waals surface area (Å²) in [7, 11) is 0. The highest BCUT2D eigenvalue weighted by atomic mass is 16.2. The van der Waals surface area contributed by atoms with Crippen molar-refractivity contribution in [1.29, 1.82) is 0 Å². The van der Waals surface area contributed by atoms with Gasteiger partial charge in [-0.15, -0.1) is 6.58 Å². The maximum absolute atomic E-state index is 14.4. The van der Waals surface area contributed by atoms with Gasteiger partial charge in [0.05, 0.1) is 13.1 Å². The van der Waals surface area contributed by atoms with E-state index in [0.29, 0.717) is 37.9 Å². The van der Waals surface area contributed by atoms with Crippen LogP contribution in [0.15, 0.2) is 104 Å². The van der Waals surface area contributed by atoms with Gasteiger partial charge in [0.15, 0.2) is 0 Å². The first kappa shape index (κ1) is 49.5. The van der Waals surface area contributed by atoms with E-state index in [1.54, 1.807) is 24.4 Å². The van der Waals surface area contributed by atoms with Crippen LogP contribution in [-0.2, 0) is 48.0 Å². The minimum atomic E-state index is -1.25. The van der Waals surface area contributed by atoms with Crippen LogP contribution in [0.1, 0.15) is 49.3 Å². The maximum atomic E-state index is 14.4. The van der Waals surface area contributed by atoms with E-state index in [2.05, 4.69) is 60.4 Å². The van der Waals surface area contributed by atoms with Crippen LogP contribution in [0, 0.1) is 11.8 Å². The number of carbonyl (C=O) groups is 7. The molecule has 0 saturated carbocycles. The molecule has 0 spiro atoms. The molecule has 8 amide bonds. The number of hydrazine groups is 1. The lowest BCUT2D eigenvalue weighted by atomic mass is 10.0. The molecule has 2 aromatic heterocycles. The van der Waals surface area contributed by atoms with Crippen LogP contribution in [-0.4, -0.2) is 118 Å². The van der Waals surface area contributed by atoms with Crippen molar-refractivity contribution in [3.05, 3.63) is 121 Å². The van der Waals surface area contributed by atoms with Gasteiger partial charge in [-0.3, -0.25) is 39.1 Å². The second kappa shape index (κ2) is 24.6. The molecule has 4 atom stereocenters. The molecule has 18 heteroatoms. The minimum absolute atomic E-state index is 0.00353. The Hall–Kier alpha value is -7.91. The standard InChI is InChI=1S/C50H59N11O7/c1-3-24-60-25-12-11-21-41(46(51)64)56-49(67)43(28-34-15-5-4-6-16-34)57-48(66)42(23-22-35-30-52-39-19-9-7-17-37(35)39)55-45(63)32-54-47(65)44(29-36-31-53-40-20-10-8-18-38(36)40)58-50(68)61(59-33(2)62)27-14-13-26-60/h3-10,15-20,30-31,41-44,52-53H,1,11-12,21-29,32H2,2H3,(H2,51,64)(H,54,65)(H,55,63)(H,56,67)(H,57,66)(H,58,68)(H,59,62)/t41-,42-,43+,44+/m0/s1. The first-order valence-corrected chi connectivity index (χ1v) is 22.6. The predicted molar refractivity (Wildman–Crippen MR) is 258 cm³/mol. The number of H-pyrrole nitrogens is 2. The number of amides is 8. The molecule has 3 aromatic carbocycles. The Labute approximate surface area is 394 Å². The Kier molecular flexibility index (Phi) is 17.9. The van der Waals surface area contributed by atoms with Crippen LogP contribution >= 0.6 is 0 Å². The molecule has 1 aliphatic heterocycles. The molecule has 1 aliphatic rings. The average molecular weight is 926 g/mol. The Morgan fingerprint density at radius 3 is 2.07 bits per heavy atom. The molecule has 0 fully saturated rings. The fourth-order valence-corrected chi connectivity index (χ4v) is 8.05. The van der Waals surface area contributed by atoms with Gasteiger partial charge in [-0.2, -0.15) is 0 Å². The molecule has 356 valence electrons. The number of aromatic amines is 2. The number of hydrogen-bond donors (Lipinski definition) is 9. The van der Waals surface area contributed by atoms with E-state index >= 15 is 0 Å². The lowest BCUT2D eigenvalue weighted by Gasteiger charge is -2.26. The summed E-state index contributed by atoms with van der Waals surface area (Å²) in [5, 5.41) is 16.4. The zero-order valence-corrected chi connectivity index (χ0v) is 38.1. The average Bonchev–Trinajstić information content (AvgIpc) is 3.94. The number of urea groups is 1. The van der Waals surface area contributed by atoms with Gasteiger partial charge in [-0.1, -0.05) is 84.6 Å². The SMILES string of the molecule is C=CCN1CC#CCN(NC(C)=O)C(=O)N[C@H](Cc2c[nH]c3ccccc23)C(=O)NCC(=O)N[C@@H](CCc2c[nH]c3ccccc23)C(=O)N[C@H](Cc2ccccc2)C(=O)N[C@H](C(N)=O)CCCC1. The van der Waals surface area contributed by atoms with Crippen LogP contribution in [0.25, 0.3) is 21.8 Å². The normalized spacial score (nSPS) is 20.0. The third-order valence-electron chi connectivity index (χ3n) is 11.5. The van der Waals surface area contributed by atoms with Crippen molar-refractivity contribution in [3.8, 4) is 11.8 Å². The first-order valence-electron chi connectivity index (χ1n) is 22.6. The fourth-order valence-electron chi connectivity index (χ4n) is 8.05. The molecule has 68 heavy (non-hydrogen) atoms. The number of primary amides is 1.